The molecule has 6 fully saturated rings. The van der Waals surface area contributed by atoms with E-state index in [1.807, 2.05) is 0 Å². The van der Waals surface area contributed by atoms with Gasteiger partial charge in [-0.2, -0.15) is 0 Å². The van der Waals surface area contributed by atoms with E-state index in [1.165, 1.54) is 11.8 Å². The number of piperidine rings is 6. The molecule has 4 heterocycles. The van der Waals surface area contributed by atoms with E-state index in [0.29, 0.717) is 0 Å². The maximum Gasteiger partial charge on any atom is 0.0471 e. The van der Waals surface area contributed by atoms with Gasteiger partial charge in [0.2, 0.25) is 0 Å². The van der Waals surface area contributed by atoms with Gasteiger partial charge < -0.3 is 0 Å². The first-order valence-electron chi connectivity index (χ1n) is 3.57. The van der Waals surface area contributed by atoms with Gasteiger partial charge in [0.05, 0.1) is 0 Å². The van der Waals surface area contributed by atoms with Crippen molar-refractivity contribution in [1.29, 1.82) is 0 Å². The van der Waals surface area contributed by atoms with E-state index in [0.717, 1.165) is 24.2 Å². The molecule has 6 rings (SSSR count). The quantitative estimate of drug-likeness (QED) is 0.402. The molecule has 0 N–H and O–H groups in total. The van der Waals surface area contributed by atoms with E-state index in [2.05, 4.69) is 10.0 Å². The molecule has 0 aromatic rings. The molecule has 0 aromatic carbocycles. The van der Waals surface area contributed by atoms with Crippen molar-refractivity contribution < 1.29 is 0 Å². The average molecular weight is 106 g/mol. The zero-order chi connectivity index (χ0) is 4.62. The van der Waals surface area contributed by atoms with Gasteiger partial charge in [0, 0.05) is 36.0 Å². The van der Waals surface area contributed by atoms with E-state index in [4.69, 9.17) is 0 Å². The number of nitrogens with zero attached hydrogens (tertiary/aromatic N) is 2. The molecule has 40 valence electrons. The summed E-state index contributed by atoms with van der Waals surface area (Å²) in [5.74, 6) is 2.44. The summed E-state index contributed by atoms with van der Waals surface area (Å²) in [6.45, 7) is 0. The van der Waals surface area contributed by atoms with Gasteiger partial charge >= 0.3 is 0 Å². The molecular formula is C6H6N2. The molecule has 0 radical (unpaired) electrons. The van der Waals surface area contributed by atoms with Crippen molar-refractivity contribution in [2.75, 3.05) is 0 Å². The summed E-state index contributed by atoms with van der Waals surface area (Å²) in [4.78, 5) is 0. The SMILES string of the molecule is C12C3C4C1N1C2C3N41. The lowest BCUT2D eigenvalue weighted by Crippen LogP contribution is -3.19. The second-order valence-corrected chi connectivity index (χ2v) is 3.88. The fraction of sp³-hybridized carbons (Fsp3) is 1.00. The van der Waals surface area contributed by atoms with E-state index >= 15 is 0 Å². The largest absolute Gasteiger partial charge is 0.231 e. The van der Waals surface area contributed by atoms with Gasteiger partial charge in [-0.1, -0.05) is 0 Å². The highest BCUT2D eigenvalue weighted by Gasteiger charge is 2.98. The van der Waals surface area contributed by atoms with Crippen molar-refractivity contribution in [2.24, 2.45) is 11.8 Å². The molecule has 4 aliphatic heterocycles. The van der Waals surface area contributed by atoms with Crippen LogP contribution >= 0.6 is 0 Å². The van der Waals surface area contributed by atoms with Crippen LogP contribution in [-0.4, -0.2) is 34.2 Å². The number of hydrazine groups is 1. The zero-order valence-corrected chi connectivity index (χ0v) is 4.36. The maximum atomic E-state index is 2.60. The van der Waals surface area contributed by atoms with Crippen molar-refractivity contribution in [3.05, 3.63) is 0 Å². The first-order chi connectivity index (χ1) is 4.00. The lowest BCUT2D eigenvalue weighted by molar-refractivity contribution is -0.616. The van der Waals surface area contributed by atoms with Crippen LogP contribution in [0.3, 0.4) is 0 Å². The summed E-state index contributed by atoms with van der Waals surface area (Å²) in [5, 5.41) is 5.19. The molecule has 2 nitrogen and oxygen atoms in total. The molecule has 4 saturated heterocycles. The van der Waals surface area contributed by atoms with Crippen molar-refractivity contribution in [3.8, 4) is 0 Å². The van der Waals surface area contributed by atoms with Crippen molar-refractivity contribution in [2.45, 2.75) is 24.2 Å². The Hall–Kier alpha value is -0.0800. The standard InChI is InChI=1S/C6H6N2/c1-2-5-3(1)7-4(1)6(2)8(5)7/h1-6H. The number of piperazine rings is 1. The molecule has 0 bridgehead atoms. The minimum atomic E-state index is 1.09. The van der Waals surface area contributed by atoms with Crippen LogP contribution in [-0.2, 0) is 0 Å². The summed E-state index contributed by atoms with van der Waals surface area (Å²) in [5.41, 5.74) is 0. The van der Waals surface area contributed by atoms with Crippen molar-refractivity contribution in [1.82, 2.24) is 10.0 Å². The molecule has 0 amide bonds. The van der Waals surface area contributed by atoms with E-state index in [9.17, 15) is 0 Å². The summed E-state index contributed by atoms with van der Waals surface area (Å²) in [6.07, 6.45) is 0. The molecule has 6 aliphatic rings. The summed E-state index contributed by atoms with van der Waals surface area (Å²) in [6, 6.07) is 4.37. The van der Waals surface area contributed by atoms with Crippen LogP contribution in [0.25, 0.3) is 0 Å². The van der Waals surface area contributed by atoms with Crippen molar-refractivity contribution >= 4 is 0 Å². The Kier molecular flexibility index (Phi) is 0.141. The molecular weight excluding hydrogens is 100 g/mol. The van der Waals surface area contributed by atoms with E-state index in [-0.39, 0.29) is 0 Å². The van der Waals surface area contributed by atoms with E-state index < -0.39 is 0 Å². The first kappa shape index (κ1) is 2.67. The van der Waals surface area contributed by atoms with Crippen LogP contribution < -0.4 is 0 Å². The maximum absolute atomic E-state index is 2.60. The van der Waals surface area contributed by atoms with Crippen molar-refractivity contribution in [3.63, 3.8) is 0 Å². The highest BCUT2D eigenvalue weighted by molar-refractivity contribution is 5.48. The predicted octanol–water partition coefficient (Wildman–Crippen LogP) is -0.720. The summed E-state index contributed by atoms with van der Waals surface area (Å²) in [7, 11) is 0. The van der Waals surface area contributed by atoms with Crippen LogP contribution in [0.4, 0.5) is 0 Å². The van der Waals surface area contributed by atoms with Crippen LogP contribution in [0.2, 0.25) is 0 Å². The number of rotatable bonds is 0. The average Bonchev–Trinajstić information content (AvgIpc) is 1.90. The van der Waals surface area contributed by atoms with Gasteiger partial charge in [0.15, 0.2) is 0 Å². The molecule has 0 aromatic heterocycles. The molecule has 8 heavy (non-hydrogen) atoms. The number of hydrogen-bond donors (Lipinski definition) is 0. The Balaban J connectivity index is 2.00. The zero-order valence-electron chi connectivity index (χ0n) is 4.36. The minimum absolute atomic E-state index is 1.09. The normalized spacial score (nSPS) is 94.5. The molecule has 2 saturated carbocycles. The van der Waals surface area contributed by atoms with Gasteiger partial charge in [-0.25, -0.2) is 10.0 Å². The van der Waals surface area contributed by atoms with Gasteiger partial charge in [-0.3, -0.25) is 0 Å². The van der Waals surface area contributed by atoms with Gasteiger partial charge in [-0.05, 0) is 0 Å². The second-order valence-electron chi connectivity index (χ2n) is 3.88. The minimum Gasteiger partial charge on any atom is -0.231 e. The first-order valence-corrected chi connectivity index (χ1v) is 3.57. The summed E-state index contributed by atoms with van der Waals surface area (Å²) >= 11 is 0. The fourth-order valence-corrected chi connectivity index (χ4v) is 3.94. The molecule has 0 spiro atoms. The Labute approximate surface area is 47.0 Å². The molecule has 2 aliphatic carbocycles. The second kappa shape index (κ2) is 0.424. The lowest BCUT2D eigenvalue weighted by Gasteiger charge is -3.04. The third kappa shape index (κ3) is 0.0624. The lowest BCUT2D eigenvalue weighted by atomic mass is 9.30. The van der Waals surface area contributed by atoms with Crippen LogP contribution in [0, 0.1) is 11.8 Å². The van der Waals surface area contributed by atoms with E-state index in [1.54, 1.807) is 0 Å². The van der Waals surface area contributed by atoms with Gasteiger partial charge in [-0.15, -0.1) is 0 Å². The highest BCUT2D eigenvalue weighted by atomic mass is 15.9. The number of hydrogen-bond acceptors (Lipinski definition) is 2. The summed E-state index contributed by atoms with van der Waals surface area (Å²) < 4.78 is 0. The van der Waals surface area contributed by atoms with Crippen LogP contribution in [0.15, 0.2) is 0 Å². The van der Waals surface area contributed by atoms with Gasteiger partial charge in [0.25, 0.3) is 0 Å². The Bertz CT molecular complexity index is 117. The third-order valence-electron chi connectivity index (χ3n) is 4.21. The van der Waals surface area contributed by atoms with Crippen LogP contribution in [0.5, 0.6) is 0 Å². The Morgan fingerprint density at radius 1 is 0.625 bits per heavy atom. The fourth-order valence-electron chi connectivity index (χ4n) is 3.94. The Morgan fingerprint density at radius 2 is 1.00 bits per heavy atom. The molecule has 2 heteroatoms. The van der Waals surface area contributed by atoms with Gasteiger partial charge in [0.1, 0.15) is 0 Å². The third-order valence-corrected chi connectivity index (χ3v) is 4.21. The highest BCUT2D eigenvalue weighted by Crippen LogP contribution is 2.83. The predicted molar refractivity (Wildman–Crippen MR) is 25.8 cm³/mol. The Morgan fingerprint density at radius 3 is 1.12 bits per heavy atom. The molecule has 4 atom stereocenters. The molecule has 4 unspecified atom stereocenters. The smallest absolute Gasteiger partial charge is 0.0471 e. The monoisotopic (exact) mass is 106 g/mol. The van der Waals surface area contributed by atoms with Crippen LogP contribution in [0.1, 0.15) is 0 Å². The topological polar surface area (TPSA) is 6.48 Å².